The molecule has 0 aromatic heterocycles. The maximum atomic E-state index is 8.76. The van der Waals surface area contributed by atoms with Gasteiger partial charge in [0.1, 0.15) is 0 Å². The van der Waals surface area contributed by atoms with Crippen LogP contribution >= 0.6 is 0 Å². The molecule has 0 aromatic carbocycles. The first kappa shape index (κ1) is 67.7. The molecule has 0 bridgehead atoms. The molecule has 0 heterocycles. The zero-order chi connectivity index (χ0) is 45.0. The van der Waals surface area contributed by atoms with E-state index in [9.17, 15) is 0 Å². The number of aliphatic hydroxyl groups excluding tert-OH is 2. The Balaban J connectivity index is -0.00000112. The summed E-state index contributed by atoms with van der Waals surface area (Å²) < 4.78 is 0. The molecule has 2 nitrogen and oxygen atoms in total. The molecule has 0 saturated heterocycles. The number of unbranched alkanes of at least 4 members (excludes halogenated alkanes) is 54. The molecule has 0 rings (SSSR count). The number of hydrogen-bond acceptors (Lipinski definition) is 2. The van der Waals surface area contributed by atoms with Gasteiger partial charge in [0.15, 0.2) is 0 Å². The minimum atomic E-state index is 0. The monoisotopic (exact) mass is 940 g/mol. The van der Waals surface area contributed by atoms with Gasteiger partial charge >= 0.3 is 0 Å². The van der Waals surface area contributed by atoms with Gasteiger partial charge in [-0.15, -0.1) is 0 Å². The third kappa shape index (κ3) is 71.6. The van der Waals surface area contributed by atoms with E-state index in [-0.39, 0.29) is 17.1 Å². The average molecular weight is 941 g/mol. The van der Waals surface area contributed by atoms with Crippen molar-refractivity contribution in [2.24, 2.45) is 0 Å². The van der Waals surface area contributed by atoms with Gasteiger partial charge < -0.3 is 10.2 Å². The van der Waals surface area contributed by atoms with Crippen molar-refractivity contribution in [2.45, 2.75) is 373 Å². The van der Waals surface area contributed by atoms with E-state index in [1.54, 1.807) is 0 Å². The molecular formula is C60H124CuO2. The van der Waals surface area contributed by atoms with Gasteiger partial charge in [-0.3, -0.25) is 0 Å². The van der Waals surface area contributed by atoms with E-state index in [4.69, 9.17) is 10.2 Å². The first-order valence-electron chi connectivity index (χ1n) is 30.0. The molecule has 0 fully saturated rings. The molecule has 0 aliphatic heterocycles. The normalized spacial score (nSPS) is 11.2. The van der Waals surface area contributed by atoms with Crippen molar-refractivity contribution in [3.8, 4) is 0 Å². The molecule has 0 aromatic rings. The van der Waals surface area contributed by atoms with Crippen LogP contribution in [0.5, 0.6) is 0 Å². The van der Waals surface area contributed by atoms with Gasteiger partial charge in [0, 0.05) is 30.3 Å². The number of aliphatic hydroxyl groups is 2. The molecule has 0 saturated carbocycles. The molecule has 0 aliphatic rings. The molecule has 0 atom stereocenters. The van der Waals surface area contributed by atoms with Crippen LogP contribution in [0.4, 0.5) is 0 Å². The third-order valence-corrected chi connectivity index (χ3v) is 14.0. The molecule has 3 heteroatoms. The summed E-state index contributed by atoms with van der Waals surface area (Å²) >= 11 is 0. The van der Waals surface area contributed by atoms with Crippen LogP contribution in [0.25, 0.3) is 0 Å². The second-order valence-electron chi connectivity index (χ2n) is 20.5. The van der Waals surface area contributed by atoms with E-state index in [0.29, 0.717) is 13.2 Å². The van der Waals surface area contributed by atoms with Gasteiger partial charge in [-0.25, -0.2) is 0 Å². The van der Waals surface area contributed by atoms with Gasteiger partial charge in [0.25, 0.3) is 0 Å². The van der Waals surface area contributed by atoms with E-state index in [1.165, 1.54) is 347 Å². The second-order valence-corrected chi connectivity index (χ2v) is 20.5. The smallest absolute Gasteiger partial charge is 0.0431 e. The summed E-state index contributed by atoms with van der Waals surface area (Å²) in [6, 6.07) is 0. The minimum Gasteiger partial charge on any atom is -0.396 e. The van der Waals surface area contributed by atoms with Crippen LogP contribution in [0.1, 0.15) is 373 Å². The summed E-state index contributed by atoms with van der Waals surface area (Å²) in [7, 11) is 0. The zero-order valence-corrected chi connectivity index (χ0v) is 45.1. The summed E-state index contributed by atoms with van der Waals surface area (Å²) in [5.41, 5.74) is 0. The minimum absolute atomic E-state index is 0. The van der Waals surface area contributed by atoms with Gasteiger partial charge in [-0.05, 0) is 12.8 Å². The largest absolute Gasteiger partial charge is 0.396 e. The van der Waals surface area contributed by atoms with Gasteiger partial charge in [0.2, 0.25) is 0 Å². The van der Waals surface area contributed by atoms with E-state index < -0.39 is 0 Å². The van der Waals surface area contributed by atoms with Crippen molar-refractivity contribution >= 4 is 0 Å². The quantitative estimate of drug-likeness (QED) is 0.0471. The third-order valence-electron chi connectivity index (χ3n) is 14.0. The molecule has 0 spiro atoms. The molecule has 0 amide bonds. The Kier molecular flexibility index (Phi) is 74.2. The maximum Gasteiger partial charge on any atom is 0.0431 e. The SMILES string of the molecule is CCCCCCCCCCCCCCCCCCCCCCCCCCCCCCO.CCCCCCCCCCCCCCCCCCCCCCCCCCCCCCO.[Cu]. The average Bonchev–Trinajstić information content (AvgIpc) is 3.28. The van der Waals surface area contributed by atoms with Gasteiger partial charge in [-0.2, -0.15) is 0 Å². The summed E-state index contributed by atoms with van der Waals surface area (Å²) in [5, 5.41) is 17.5. The van der Waals surface area contributed by atoms with Crippen molar-refractivity contribution in [3.05, 3.63) is 0 Å². The van der Waals surface area contributed by atoms with Crippen LogP contribution in [0.15, 0.2) is 0 Å². The standard InChI is InChI=1S/2C30H62O.Cu/c2*1-2-3-4-5-6-7-8-9-10-11-12-13-14-15-16-17-18-19-20-21-22-23-24-25-26-27-28-29-30-31;/h2*31H,2-30H2,1H3;. The Labute approximate surface area is 411 Å². The van der Waals surface area contributed by atoms with Crippen LogP contribution in [0.3, 0.4) is 0 Å². The first-order chi connectivity index (χ1) is 30.8. The van der Waals surface area contributed by atoms with Crippen molar-refractivity contribution in [3.63, 3.8) is 0 Å². The summed E-state index contributed by atoms with van der Waals surface area (Å²) in [5.74, 6) is 0. The fraction of sp³-hybridized carbons (Fsp3) is 1.00. The van der Waals surface area contributed by atoms with Crippen molar-refractivity contribution in [2.75, 3.05) is 13.2 Å². The molecule has 0 aliphatic carbocycles. The van der Waals surface area contributed by atoms with Gasteiger partial charge in [0.05, 0.1) is 0 Å². The number of hydrogen-bond donors (Lipinski definition) is 2. The van der Waals surface area contributed by atoms with E-state index in [1.807, 2.05) is 0 Å². The van der Waals surface area contributed by atoms with Crippen molar-refractivity contribution in [1.29, 1.82) is 0 Å². The Morgan fingerprint density at radius 3 is 0.302 bits per heavy atom. The first-order valence-corrected chi connectivity index (χ1v) is 30.0. The van der Waals surface area contributed by atoms with Crippen LogP contribution in [-0.4, -0.2) is 23.4 Å². The number of rotatable bonds is 56. The topological polar surface area (TPSA) is 40.5 Å². The van der Waals surface area contributed by atoms with Crippen LogP contribution < -0.4 is 0 Å². The van der Waals surface area contributed by atoms with Crippen LogP contribution in [0.2, 0.25) is 0 Å². The second kappa shape index (κ2) is 69.0. The Morgan fingerprint density at radius 1 is 0.143 bits per heavy atom. The molecule has 387 valence electrons. The predicted octanol–water partition coefficient (Wildman–Crippen LogP) is 21.8. The molecule has 2 N–H and O–H groups in total. The maximum absolute atomic E-state index is 8.76. The fourth-order valence-corrected chi connectivity index (χ4v) is 9.56. The van der Waals surface area contributed by atoms with Crippen LogP contribution in [-0.2, 0) is 17.1 Å². The molecule has 63 heavy (non-hydrogen) atoms. The van der Waals surface area contributed by atoms with Crippen LogP contribution in [0, 0.1) is 0 Å². The van der Waals surface area contributed by atoms with E-state index in [0.717, 1.165) is 12.8 Å². The predicted molar refractivity (Wildman–Crippen MR) is 284 cm³/mol. The molecule has 0 unspecified atom stereocenters. The van der Waals surface area contributed by atoms with E-state index in [2.05, 4.69) is 13.8 Å². The Morgan fingerprint density at radius 2 is 0.222 bits per heavy atom. The Hall–Kier alpha value is 0.439. The van der Waals surface area contributed by atoms with Gasteiger partial charge in [-0.1, -0.05) is 361 Å². The van der Waals surface area contributed by atoms with Crippen molar-refractivity contribution in [1.82, 2.24) is 0 Å². The Bertz CT molecular complexity index is 586. The van der Waals surface area contributed by atoms with E-state index >= 15 is 0 Å². The summed E-state index contributed by atoms with van der Waals surface area (Å²) in [6.45, 7) is 5.35. The summed E-state index contributed by atoms with van der Waals surface area (Å²) in [6.07, 6.45) is 80.1. The fourth-order valence-electron chi connectivity index (χ4n) is 9.56. The van der Waals surface area contributed by atoms with Crippen molar-refractivity contribution < 1.29 is 27.3 Å². The zero-order valence-electron chi connectivity index (χ0n) is 44.2. The molecular weight excluding hydrogens is 816 g/mol. The summed E-state index contributed by atoms with van der Waals surface area (Å²) in [4.78, 5) is 0. The molecule has 1 radical (unpaired) electrons.